The first kappa shape index (κ1) is 22.6. The van der Waals surface area contributed by atoms with E-state index >= 15 is 0 Å². The van der Waals surface area contributed by atoms with Gasteiger partial charge in [0.25, 0.3) is 0 Å². The molecule has 1 aromatic carbocycles. The standard InChI is InChI=1S/C24H34BrN3/c1-7-8-13-23(4,5)22(27)28(21(26)19-10-9-11-20(25)16-19)24(6)14-12-17(2)15-18(24)3/h9-12,14-16,18,26-27H,7-8,13H2,1-6H3. The van der Waals surface area contributed by atoms with E-state index in [1.807, 2.05) is 29.2 Å². The second-order valence-corrected chi connectivity index (χ2v) is 9.70. The summed E-state index contributed by atoms with van der Waals surface area (Å²) in [5, 5.41) is 18.3. The third kappa shape index (κ3) is 4.65. The van der Waals surface area contributed by atoms with Gasteiger partial charge in [-0.1, -0.05) is 92.4 Å². The molecule has 1 aliphatic carbocycles. The van der Waals surface area contributed by atoms with E-state index in [1.165, 1.54) is 5.57 Å². The number of benzene rings is 1. The fourth-order valence-corrected chi connectivity index (χ4v) is 4.15. The predicted molar refractivity (Wildman–Crippen MR) is 124 cm³/mol. The van der Waals surface area contributed by atoms with Gasteiger partial charge >= 0.3 is 0 Å². The van der Waals surface area contributed by atoms with E-state index in [0.717, 1.165) is 29.3 Å². The Balaban J connectivity index is 2.54. The molecule has 0 spiro atoms. The van der Waals surface area contributed by atoms with Crippen molar-refractivity contribution in [2.24, 2.45) is 11.3 Å². The lowest BCUT2D eigenvalue weighted by molar-refractivity contribution is 0.253. The number of halogens is 1. The first-order chi connectivity index (χ1) is 13.0. The fraction of sp³-hybridized carbons (Fsp3) is 0.500. The molecular formula is C24H34BrN3. The van der Waals surface area contributed by atoms with Crippen LogP contribution in [0.2, 0.25) is 0 Å². The lowest BCUT2D eigenvalue weighted by atomic mass is 9.76. The van der Waals surface area contributed by atoms with Crippen molar-refractivity contribution in [3.8, 4) is 0 Å². The van der Waals surface area contributed by atoms with Gasteiger partial charge in [0.05, 0.1) is 5.54 Å². The molecule has 0 aromatic heterocycles. The molecule has 1 aliphatic rings. The van der Waals surface area contributed by atoms with Gasteiger partial charge in [0.2, 0.25) is 0 Å². The molecule has 2 rings (SSSR count). The topological polar surface area (TPSA) is 50.9 Å². The highest BCUT2D eigenvalue weighted by atomic mass is 79.9. The Labute approximate surface area is 179 Å². The van der Waals surface area contributed by atoms with Crippen molar-refractivity contribution in [3.63, 3.8) is 0 Å². The van der Waals surface area contributed by atoms with Crippen LogP contribution in [0.5, 0.6) is 0 Å². The Hall–Kier alpha value is -1.68. The minimum atomic E-state index is -0.459. The van der Waals surface area contributed by atoms with Crippen molar-refractivity contribution in [2.45, 2.75) is 66.3 Å². The molecule has 0 heterocycles. The third-order valence-corrected chi connectivity index (χ3v) is 6.44. The van der Waals surface area contributed by atoms with Crippen molar-refractivity contribution >= 4 is 27.6 Å². The van der Waals surface area contributed by atoms with Crippen LogP contribution in [0.1, 0.15) is 66.4 Å². The molecule has 152 valence electrons. The Morgan fingerprint density at radius 2 is 1.96 bits per heavy atom. The average Bonchev–Trinajstić information content (AvgIpc) is 2.63. The van der Waals surface area contributed by atoms with Crippen molar-refractivity contribution in [1.82, 2.24) is 4.90 Å². The van der Waals surface area contributed by atoms with E-state index < -0.39 is 5.54 Å². The molecule has 0 amide bonds. The molecule has 0 radical (unpaired) electrons. The molecule has 2 N–H and O–H groups in total. The number of hydrogen-bond donors (Lipinski definition) is 2. The summed E-state index contributed by atoms with van der Waals surface area (Å²) in [6, 6.07) is 7.83. The summed E-state index contributed by atoms with van der Waals surface area (Å²) < 4.78 is 0.944. The predicted octanol–water partition coefficient (Wildman–Crippen LogP) is 7.18. The van der Waals surface area contributed by atoms with Crippen LogP contribution in [-0.2, 0) is 0 Å². The maximum absolute atomic E-state index is 9.18. The van der Waals surface area contributed by atoms with E-state index in [9.17, 15) is 5.41 Å². The zero-order valence-corrected chi connectivity index (χ0v) is 19.7. The molecule has 0 aliphatic heterocycles. The number of nitrogens with zero attached hydrogens (tertiary/aromatic N) is 1. The normalized spacial score (nSPS) is 22.0. The Morgan fingerprint density at radius 3 is 2.54 bits per heavy atom. The van der Waals surface area contributed by atoms with E-state index in [1.54, 1.807) is 0 Å². The lowest BCUT2D eigenvalue weighted by Gasteiger charge is -2.48. The Morgan fingerprint density at radius 1 is 1.29 bits per heavy atom. The van der Waals surface area contributed by atoms with Gasteiger partial charge in [-0.25, -0.2) is 0 Å². The summed E-state index contributed by atoms with van der Waals surface area (Å²) in [6.07, 6.45) is 9.66. The van der Waals surface area contributed by atoms with Gasteiger partial charge in [0.15, 0.2) is 0 Å². The molecule has 28 heavy (non-hydrogen) atoms. The van der Waals surface area contributed by atoms with E-state index in [-0.39, 0.29) is 11.3 Å². The van der Waals surface area contributed by atoms with Crippen LogP contribution in [0, 0.1) is 22.2 Å². The molecule has 4 heteroatoms. The quantitative estimate of drug-likeness (QED) is 0.354. The summed E-state index contributed by atoms with van der Waals surface area (Å²) in [7, 11) is 0. The molecule has 3 nitrogen and oxygen atoms in total. The van der Waals surface area contributed by atoms with Crippen molar-refractivity contribution in [3.05, 3.63) is 58.1 Å². The molecule has 0 bridgehead atoms. The summed E-state index contributed by atoms with van der Waals surface area (Å²) in [5.74, 6) is 1.08. The van der Waals surface area contributed by atoms with E-state index in [2.05, 4.69) is 75.7 Å². The van der Waals surface area contributed by atoms with Gasteiger partial charge in [0.1, 0.15) is 11.7 Å². The largest absolute Gasteiger partial charge is 0.304 e. The summed E-state index contributed by atoms with van der Waals surface area (Å²) in [5.41, 5.74) is 1.29. The van der Waals surface area contributed by atoms with Crippen LogP contribution in [0.3, 0.4) is 0 Å². The van der Waals surface area contributed by atoms with E-state index in [0.29, 0.717) is 11.7 Å². The van der Waals surface area contributed by atoms with Gasteiger partial charge in [-0.3, -0.25) is 10.8 Å². The van der Waals surface area contributed by atoms with Crippen LogP contribution in [-0.4, -0.2) is 22.1 Å². The number of allylic oxidation sites excluding steroid dienone is 2. The van der Waals surface area contributed by atoms with Gasteiger partial charge < -0.3 is 4.90 Å². The maximum Gasteiger partial charge on any atom is 0.134 e. The minimum absolute atomic E-state index is 0.187. The van der Waals surface area contributed by atoms with Gasteiger partial charge in [-0.2, -0.15) is 0 Å². The highest BCUT2D eigenvalue weighted by Crippen LogP contribution is 2.38. The Bertz CT molecular complexity index is 806. The average molecular weight is 444 g/mol. The number of nitrogens with one attached hydrogen (secondary N) is 2. The van der Waals surface area contributed by atoms with Crippen molar-refractivity contribution in [1.29, 1.82) is 10.8 Å². The van der Waals surface area contributed by atoms with Crippen LogP contribution >= 0.6 is 15.9 Å². The molecular weight excluding hydrogens is 410 g/mol. The van der Waals surface area contributed by atoms with Gasteiger partial charge in [-0.15, -0.1) is 0 Å². The summed E-state index contributed by atoms with van der Waals surface area (Å²) in [6.45, 7) is 12.9. The van der Waals surface area contributed by atoms with Crippen molar-refractivity contribution in [2.75, 3.05) is 0 Å². The monoisotopic (exact) mass is 443 g/mol. The molecule has 0 fully saturated rings. The summed E-state index contributed by atoms with van der Waals surface area (Å²) in [4.78, 5) is 1.95. The van der Waals surface area contributed by atoms with Crippen LogP contribution in [0.15, 0.2) is 52.5 Å². The number of rotatable bonds is 6. The third-order valence-electron chi connectivity index (χ3n) is 5.94. The van der Waals surface area contributed by atoms with Gasteiger partial charge in [0, 0.05) is 21.4 Å². The molecule has 1 aromatic rings. The maximum atomic E-state index is 9.18. The van der Waals surface area contributed by atoms with Crippen LogP contribution in [0.4, 0.5) is 0 Å². The van der Waals surface area contributed by atoms with Crippen LogP contribution < -0.4 is 0 Å². The molecule has 0 saturated carbocycles. The number of unbranched alkanes of at least 4 members (excludes halogenated alkanes) is 1. The summed E-state index contributed by atoms with van der Waals surface area (Å²) >= 11 is 3.53. The lowest BCUT2D eigenvalue weighted by Crippen LogP contribution is -2.58. The molecule has 2 unspecified atom stereocenters. The fourth-order valence-electron chi connectivity index (χ4n) is 3.75. The SMILES string of the molecule is CCCCC(C)(C)C(=N)N(C(=N)c1cccc(Br)c1)C1(C)C=CC(C)=CC1C. The second-order valence-electron chi connectivity index (χ2n) is 8.79. The smallest absolute Gasteiger partial charge is 0.134 e. The Kier molecular flexibility index (Phi) is 7.08. The molecule has 0 saturated heterocycles. The van der Waals surface area contributed by atoms with Gasteiger partial charge in [-0.05, 0) is 32.4 Å². The molecule has 2 atom stereocenters. The first-order valence-electron chi connectivity index (χ1n) is 10.1. The first-order valence-corrected chi connectivity index (χ1v) is 10.9. The zero-order chi connectivity index (χ0) is 21.1. The minimum Gasteiger partial charge on any atom is -0.304 e. The zero-order valence-electron chi connectivity index (χ0n) is 18.1. The highest BCUT2D eigenvalue weighted by molar-refractivity contribution is 9.10. The number of hydrogen-bond acceptors (Lipinski definition) is 2. The highest BCUT2D eigenvalue weighted by Gasteiger charge is 2.43. The second kappa shape index (κ2) is 8.77. The van der Waals surface area contributed by atoms with E-state index in [4.69, 9.17) is 5.41 Å². The van der Waals surface area contributed by atoms with Crippen molar-refractivity contribution < 1.29 is 0 Å². The number of amidine groups is 2. The van der Waals surface area contributed by atoms with Crippen LogP contribution in [0.25, 0.3) is 0 Å².